The van der Waals surface area contributed by atoms with Crippen molar-refractivity contribution in [1.82, 2.24) is 0 Å². The number of hydrogen-bond donors (Lipinski definition) is 0. The molecule has 1 nitrogen and oxygen atoms in total. The molecule has 0 aliphatic rings. The van der Waals surface area contributed by atoms with E-state index in [2.05, 4.69) is 38.1 Å². The largest absolute Gasteiger partial charge is 0.303 e. The van der Waals surface area contributed by atoms with Gasteiger partial charge in [-0.15, -0.1) is 0 Å². The number of rotatable bonds is 6. The quantitative estimate of drug-likeness (QED) is 0.644. The van der Waals surface area contributed by atoms with Crippen molar-refractivity contribution in [2.45, 2.75) is 39.0 Å². The van der Waals surface area contributed by atoms with Gasteiger partial charge in [0.1, 0.15) is 6.29 Å². The smallest absolute Gasteiger partial charge is 0.120 e. The van der Waals surface area contributed by atoms with Gasteiger partial charge in [0.05, 0.1) is 0 Å². The average Bonchev–Trinajstić information content (AvgIpc) is 2.27. The fraction of sp³-hybridized carbons (Fsp3) is 0.500. The van der Waals surface area contributed by atoms with E-state index in [0.717, 1.165) is 19.1 Å². The van der Waals surface area contributed by atoms with E-state index in [4.69, 9.17) is 0 Å². The van der Waals surface area contributed by atoms with Crippen LogP contribution in [0.3, 0.4) is 0 Å². The Labute approximate surface area is 92.5 Å². The summed E-state index contributed by atoms with van der Waals surface area (Å²) >= 11 is 0. The van der Waals surface area contributed by atoms with Crippen LogP contribution in [0.4, 0.5) is 0 Å². The Balaban J connectivity index is 2.60. The van der Waals surface area contributed by atoms with Gasteiger partial charge in [0.2, 0.25) is 0 Å². The molecule has 0 spiro atoms. The second-order valence-corrected chi connectivity index (χ2v) is 4.26. The summed E-state index contributed by atoms with van der Waals surface area (Å²) in [4.78, 5) is 10.4. The number of hydrogen-bond acceptors (Lipinski definition) is 1. The van der Waals surface area contributed by atoms with E-state index in [1.165, 1.54) is 5.56 Å². The lowest BCUT2D eigenvalue weighted by atomic mass is 9.87. The monoisotopic (exact) mass is 204 g/mol. The summed E-state index contributed by atoms with van der Waals surface area (Å²) in [5.74, 6) is 1.09. The van der Waals surface area contributed by atoms with Gasteiger partial charge >= 0.3 is 0 Å². The van der Waals surface area contributed by atoms with E-state index in [-0.39, 0.29) is 0 Å². The van der Waals surface area contributed by atoms with E-state index >= 15 is 0 Å². The highest BCUT2D eigenvalue weighted by Gasteiger charge is 2.12. The Kier molecular flexibility index (Phi) is 5.09. The van der Waals surface area contributed by atoms with Crippen molar-refractivity contribution in [3.63, 3.8) is 0 Å². The van der Waals surface area contributed by atoms with Crippen LogP contribution < -0.4 is 0 Å². The molecular formula is C14H20O. The summed E-state index contributed by atoms with van der Waals surface area (Å²) in [6.45, 7) is 4.37. The van der Waals surface area contributed by atoms with Crippen molar-refractivity contribution >= 4 is 6.29 Å². The highest BCUT2D eigenvalue weighted by molar-refractivity contribution is 5.49. The number of aldehydes is 1. The van der Waals surface area contributed by atoms with Crippen LogP contribution in [0.2, 0.25) is 0 Å². The summed E-state index contributed by atoms with van der Waals surface area (Å²) in [6.07, 6.45) is 3.97. The van der Waals surface area contributed by atoms with Crippen LogP contribution in [0, 0.1) is 5.92 Å². The normalized spacial score (nSPS) is 14.5. The summed E-state index contributed by atoms with van der Waals surface area (Å²) in [5.41, 5.74) is 1.40. The molecule has 82 valence electrons. The third-order valence-corrected chi connectivity index (χ3v) is 2.95. The van der Waals surface area contributed by atoms with E-state index in [1.807, 2.05) is 6.07 Å². The summed E-state index contributed by atoms with van der Waals surface area (Å²) in [7, 11) is 0. The molecule has 0 saturated heterocycles. The summed E-state index contributed by atoms with van der Waals surface area (Å²) in [6, 6.07) is 10.6. The van der Waals surface area contributed by atoms with Crippen LogP contribution in [-0.4, -0.2) is 6.29 Å². The molecule has 1 rings (SSSR count). The van der Waals surface area contributed by atoms with Crippen molar-refractivity contribution in [3.05, 3.63) is 35.9 Å². The van der Waals surface area contributed by atoms with Crippen LogP contribution in [0.1, 0.15) is 44.6 Å². The number of benzene rings is 1. The van der Waals surface area contributed by atoms with Gasteiger partial charge < -0.3 is 4.79 Å². The summed E-state index contributed by atoms with van der Waals surface area (Å²) in [5, 5.41) is 0. The minimum atomic E-state index is 0.493. The molecule has 2 atom stereocenters. The van der Waals surface area contributed by atoms with Crippen molar-refractivity contribution < 1.29 is 4.79 Å². The van der Waals surface area contributed by atoms with Crippen molar-refractivity contribution in [2.75, 3.05) is 0 Å². The van der Waals surface area contributed by atoms with Gasteiger partial charge in [-0.25, -0.2) is 0 Å². The molecule has 0 radical (unpaired) electrons. The van der Waals surface area contributed by atoms with Gasteiger partial charge in [-0.05, 0) is 30.2 Å². The van der Waals surface area contributed by atoms with Crippen LogP contribution in [-0.2, 0) is 4.79 Å². The Bertz CT molecular complexity index is 279. The van der Waals surface area contributed by atoms with Crippen LogP contribution >= 0.6 is 0 Å². The predicted molar refractivity (Wildman–Crippen MR) is 63.9 cm³/mol. The fourth-order valence-corrected chi connectivity index (χ4v) is 2.01. The summed E-state index contributed by atoms with van der Waals surface area (Å²) < 4.78 is 0. The van der Waals surface area contributed by atoms with Gasteiger partial charge in [-0.2, -0.15) is 0 Å². The molecule has 1 heteroatoms. The Morgan fingerprint density at radius 3 is 2.47 bits per heavy atom. The lowest BCUT2D eigenvalue weighted by molar-refractivity contribution is -0.108. The maximum Gasteiger partial charge on any atom is 0.120 e. The van der Waals surface area contributed by atoms with Gasteiger partial charge in [0.15, 0.2) is 0 Å². The Morgan fingerprint density at radius 1 is 1.27 bits per heavy atom. The van der Waals surface area contributed by atoms with Crippen LogP contribution in [0.15, 0.2) is 30.3 Å². The zero-order valence-electron chi connectivity index (χ0n) is 9.65. The van der Waals surface area contributed by atoms with Gasteiger partial charge in [-0.1, -0.05) is 44.2 Å². The topological polar surface area (TPSA) is 17.1 Å². The number of carbonyl (C=O) groups excluding carboxylic acids is 1. The molecule has 0 N–H and O–H groups in total. The predicted octanol–water partition coefficient (Wildman–Crippen LogP) is 3.80. The Hall–Kier alpha value is -1.11. The van der Waals surface area contributed by atoms with Crippen molar-refractivity contribution in [2.24, 2.45) is 5.92 Å². The first-order valence-electron chi connectivity index (χ1n) is 5.76. The van der Waals surface area contributed by atoms with Crippen molar-refractivity contribution in [3.8, 4) is 0 Å². The molecule has 0 aromatic heterocycles. The minimum Gasteiger partial charge on any atom is -0.303 e. The highest BCUT2D eigenvalue weighted by Crippen LogP contribution is 2.27. The lowest BCUT2D eigenvalue weighted by Gasteiger charge is -2.18. The molecular weight excluding hydrogens is 184 g/mol. The molecule has 0 saturated carbocycles. The van der Waals surface area contributed by atoms with Crippen LogP contribution in [0.5, 0.6) is 0 Å². The second kappa shape index (κ2) is 6.39. The first kappa shape index (κ1) is 12.0. The molecule has 0 aliphatic carbocycles. The Morgan fingerprint density at radius 2 is 1.93 bits per heavy atom. The van der Waals surface area contributed by atoms with Crippen LogP contribution in [0.25, 0.3) is 0 Å². The third-order valence-electron chi connectivity index (χ3n) is 2.95. The first-order valence-corrected chi connectivity index (χ1v) is 5.76. The molecule has 0 amide bonds. The standard InChI is InChI=1S/C14H20O/c1-3-13(11-12(2)9-10-15)14-7-5-4-6-8-14/h4-8,10,12-13H,3,9,11H2,1-2H3. The molecule has 1 aromatic carbocycles. The maximum absolute atomic E-state index is 10.4. The zero-order valence-corrected chi connectivity index (χ0v) is 9.65. The molecule has 2 unspecified atom stereocenters. The molecule has 0 bridgehead atoms. The van der Waals surface area contributed by atoms with E-state index in [1.54, 1.807) is 0 Å². The van der Waals surface area contributed by atoms with E-state index in [0.29, 0.717) is 18.3 Å². The van der Waals surface area contributed by atoms with E-state index in [9.17, 15) is 4.79 Å². The SMILES string of the molecule is CCC(CC(C)CC=O)c1ccccc1. The lowest BCUT2D eigenvalue weighted by Crippen LogP contribution is -2.05. The number of carbonyl (C=O) groups is 1. The van der Waals surface area contributed by atoms with Crippen molar-refractivity contribution in [1.29, 1.82) is 0 Å². The van der Waals surface area contributed by atoms with Gasteiger partial charge in [0, 0.05) is 6.42 Å². The minimum absolute atomic E-state index is 0.493. The van der Waals surface area contributed by atoms with Gasteiger partial charge in [0.25, 0.3) is 0 Å². The zero-order chi connectivity index (χ0) is 11.1. The van der Waals surface area contributed by atoms with E-state index < -0.39 is 0 Å². The molecule has 1 aromatic rings. The average molecular weight is 204 g/mol. The highest BCUT2D eigenvalue weighted by atomic mass is 16.1. The molecule has 0 aliphatic heterocycles. The maximum atomic E-state index is 10.4. The first-order chi connectivity index (χ1) is 7.27. The second-order valence-electron chi connectivity index (χ2n) is 4.26. The van der Waals surface area contributed by atoms with Gasteiger partial charge in [-0.3, -0.25) is 0 Å². The molecule has 0 heterocycles. The molecule has 0 fully saturated rings. The fourth-order valence-electron chi connectivity index (χ4n) is 2.01. The third kappa shape index (κ3) is 3.86. The molecule has 15 heavy (non-hydrogen) atoms.